The van der Waals surface area contributed by atoms with Crippen LogP contribution in [0.3, 0.4) is 0 Å². The van der Waals surface area contributed by atoms with Crippen LogP contribution < -0.4 is 0 Å². The van der Waals surface area contributed by atoms with Crippen molar-refractivity contribution < 1.29 is 17.9 Å². The first-order valence-corrected chi connectivity index (χ1v) is 9.66. The number of amides is 1. The number of hydrogen-bond donors (Lipinski definition) is 0. The summed E-state index contributed by atoms with van der Waals surface area (Å²) < 4.78 is 30.6. The van der Waals surface area contributed by atoms with E-state index in [0.717, 1.165) is 38.8 Å². The number of piperidine rings is 1. The first-order valence-electron chi connectivity index (χ1n) is 7.81. The van der Waals surface area contributed by atoms with E-state index in [1.807, 2.05) is 4.90 Å². The summed E-state index contributed by atoms with van der Waals surface area (Å²) in [4.78, 5) is 14.0. The number of sulfonamides is 1. The van der Waals surface area contributed by atoms with Gasteiger partial charge in [0.25, 0.3) is 0 Å². The van der Waals surface area contributed by atoms with Gasteiger partial charge in [0, 0.05) is 39.2 Å². The molecule has 2 saturated heterocycles. The molecule has 0 aliphatic carbocycles. The van der Waals surface area contributed by atoms with Crippen LogP contribution in [0.15, 0.2) is 0 Å². The second kappa shape index (κ2) is 7.56. The zero-order valence-corrected chi connectivity index (χ0v) is 13.6. The molecule has 2 fully saturated rings. The fourth-order valence-corrected chi connectivity index (χ4v) is 3.79. The summed E-state index contributed by atoms with van der Waals surface area (Å²) in [5.41, 5.74) is 0. The number of likely N-dealkylation sites (tertiary alicyclic amines) is 1. The number of carbonyl (C=O) groups is 1. The molecule has 0 saturated carbocycles. The van der Waals surface area contributed by atoms with Gasteiger partial charge in [0.05, 0.1) is 12.4 Å². The molecule has 0 aromatic rings. The van der Waals surface area contributed by atoms with E-state index in [1.165, 1.54) is 17.0 Å². The van der Waals surface area contributed by atoms with Gasteiger partial charge in [-0.1, -0.05) is 0 Å². The molecule has 0 radical (unpaired) electrons. The number of nitrogens with zero attached hydrogens (tertiary/aromatic N) is 2. The largest absolute Gasteiger partial charge is 0.377 e. The number of hydrogen-bond acceptors (Lipinski definition) is 4. The highest BCUT2D eigenvalue weighted by molar-refractivity contribution is 7.88. The Morgan fingerprint density at radius 1 is 1.24 bits per heavy atom. The fourth-order valence-electron chi connectivity index (χ4n) is 2.93. The van der Waals surface area contributed by atoms with Gasteiger partial charge in [0.1, 0.15) is 0 Å². The second-order valence-electron chi connectivity index (χ2n) is 5.95. The number of carbonyl (C=O) groups excluding carboxylic acids is 1. The van der Waals surface area contributed by atoms with Crippen molar-refractivity contribution in [2.75, 3.05) is 39.0 Å². The maximum Gasteiger partial charge on any atom is 0.223 e. The third-order valence-corrected chi connectivity index (χ3v) is 5.45. The average molecular weight is 318 g/mol. The average Bonchev–Trinajstić information content (AvgIpc) is 2.96. The molecule has 0 aromatic heterocycles. The molecule has 0 bridgehead atoms. The van der Waals surface area contributed by atoms with Gasteiger partial charge in [0.15, 0.2) is 0 Å². The van der Waals surface area contributed by atoms with Gasteiger partial charge in [-0.25, -0.2) is 8.42 Å². The van der Waals surface area contributed by atoms with Crippen molar-refractivity contribution in [1.29, 1.82) is 0 Å². The Morgan fingerprint density at radius 2 is 1.95 bits per heavy atom. The highest BCUT2D eigenvalue weighted by atomic mass is 32.2. The summed E-state index contributed by atoms with van der Waals surface area (Å²) in [5.74, 6) is 0.0655. The predicted molar refractivity (Wildman–Crippen MR) is 80.4 cm³/mol. The van der Waals surface area contributed by atoms with E-state index >= 15 is 0 Å². The number of rotatable bonds is 6. The maximum absolute atomic E-state index is 12.1. The molecule has 7 heteroatoms. The van der Waals surface area contributed by atoms with E-state index in [9.17, 15) is 13.2 Å². The predicted octanol–water partition coefficient (Wildman–Crippen LogP) is 0.830. The van der Waals surface area contributed by atoms with Crippen LogP contribution in [0, 0.1) is 0 Å². The van der Waals surface area contributed by atoms with Crippen molar-refractivity contribution in [1.82, 2.24) is 9.21 Å². The normalized spacial score (nSPS) is 23.7. The topological polar surface area (TPSA) is 66.9 Å². The molecule has 21 heavy (non-hydrogen) atoms. The van der Waals surface area contributed by atoms with Gasteiger partial charge < -0.3 is 9.64 Å². The lowest BCUT2D eigenvalue weighted by atomic mass is 10.1. The van der Waals surface area contributed by atoms with Gasteiger partial charge in [0.2, 0.25) is 15.9 Å². The van der Waals surface area contributed by atoms with Gasteiger partial charge in [-0.05, 0) is 32.1 Å². The van der Waals surface area contributed by atoms with E-state index in [2.05, 4.69) is 0 Å². The van der Waals surface area contributed by atoms with E-state index in [0.29, 0.717) is 13.2 Å². The Kier molecular flexibility index (Phi) is 6.01. The molecular formula is C14H26N2O4S. The van der Waals surface area contributed by atoms with Gasteiger partial charge in [-0.2, -0.15) is 4.31 Å². The van der Waals surface area contributed by atoms with Crippen LogP contribution in [0.2, 0.25) is 0 Å². The second-order valence-corrected chi connectivity index (χ2v) is 7.93. The Bertz CT molecular complexity index is 440. The molecular weight excluding hydrogens is 292 g/mol. The summed E-state index contributed by atoms with van der Waals surface area (Å²) in [7, 11) is -3.30. The van der Waals surface area contributed by atoms with E-state index in [-0.39, 0.29) is 25.0 Å². The lowest BCUT2D eigenvalue weighted by Crippen LogP contribution is -2.41. The molecule has 2 rings (SSSR count). The summed E-state index contributed by atoms with van der Waals surface area (Å²) in [5, 5.41) is 0. The highest BCUT2D eigenvalue weighted by Gasteiger charge is 2.26. The Balaban J connectivity index is 1.84. The van der Waals surface area contributed by atoms with Crippen LogP contribution in [0.5, 0.6) is 0 Å². The van der Waals surface area contributed by atoms with E-state index in [1.54, 1.807) is 0 Å². The van der Waals surface area contributed by atoms with Crippen LogP contribution >= 0.6 is 0 Å². The Morgan fingerprint density at radius 3 is 2.52 bits per heavy atom. The lowest BCUT2D eigenvalue weighted by Gasteiger charge is -2.28. The third-order valence-electron chi connectivity index (χ3n) is 4.18. The molecule has 0 aromatic carbocycles. The maximum atomic E-state index is 12.1. The van der Waals surface area contributed by atoms with Gasteiger partial charge >= 0.3 is 0 Å². The van der Waals surface area contributed by atoms with Crippen molar-refractivity contribution in [2.24, 2.45) is 0 Å². The Labute approximate surface area is 127 Å². The molecule has 1 unspecified atom stereocenters. The fraction of sp³-hybridized carbons (Fsp3) is 0.929. The van der Waals surface area contributed by atoms with Crippen molar-refractivity contribution in [3.8, 4) is 0 Å². The minimum Gasteiger partial charge on any atom is -0.377 e. The van der Waals surface area contributed by atoms with Crippen molar-refractivity contribution in [3.05, 3.63) is 0 Å². The quantitative estimate of drug-likeness (QED) is 0.727. The van der Waals surface area contributed by atoms with E-state index in [4.69, 9.17) is 4.74 Å². The van der Waals surface area contributed by atoms with Crippen LogP contribution in [0.4, 0.5) is 0 Å². The molecule has 2 aliphatic heterocycles. The molecule has 2 heterocycles. The van der Waals surface area contributed by atoms with Crippen LogP contribution in [0.1, 0.15) is 38.5 Å². The minimum absolute atomic E-state index is 0.0233. The summed E-state index contributed by atoms with van der Waals surface area (Å²) in [6.07, 6.45) is 6.60. The van der Waals surface area contributed by atoms with E-state index < -0.39 is 10.0 Å². The van der Waals surface area contributed by atoms with Gasteiger partial charge in [-0.3, -0.25) is 4.79 Å². The molecule has 0 spiro atoms. The molecule has 6 nitrogen and oxygen atoms in total. The van der Waals surface area contributed by atoms with Crippen LogP contribution in [-0.4, -0.2) is 68.7 Å². The lowest BCUT2D eigenvalue weighted by molar-refractivity contribution is -0.132. The molecule has 1 atom stereocenters. The minimum atomic E-state index is -3.30. The zero-order chi connectivity index (χ0) is 15.3. The molecule has 1 amide bonds. The smallest absolute Gasteiger partial charge is 0.223 e. The Hall–Kier alpha value is -0.660. The number of ether oxygens (including phenoxy) is 1. The summed E-state index contributed by atoms with van der Waals surface area (Å²) in [6, 6.07) is 0. The first kappa shape index (κ1) is 16.7. The molecule has 0 N–H and O–H groups in total. The summed E-state index contributed by atoms with van der Waals surface area (Å²) in [6.45, 7) is 2.95. The van der Waals surface area contributed by atoms with Crippen molar-refractivity contribution in [2.45, 2.75) is 44.6 Å². The summed E-state index contributed by atoms with van der Waals surface area (Å²) >= 11 is 0. The monoisotopic (exact) mass is 318 g/mol. The highest BCUT2D eigenvalue weighted by Crippen LogP contribution is 2.16. The first-order chi connectivity index (χ1) is 9.97. The zero-order valence-electron chi connectivity index (χ0n) is 12.8. The van der Waals surface area contributed by atoms with Crippen LogP contribution in [-0.2, 0) is 19.6 Å². The van der Waals surface area contributed by atoms with Crippen molar-refractivity contribution >= 4 is 15.9 Å². The van der Waals surface area contributed by atoms with Gasteiger partial charge in [-0.15, -0.1) is 0 Å². The molecule has 2 aliphatic rings. The molecule has 122 valence electrons. The standard InChI is InChI=1S/C14H26N2O4S/c1-21(18,19)16(12-13-6-5-11-20-13)10-7-14(17)15-8-3-2-4-9-15/h13H,2-12H2,1H3. The third kappa shape index (κ3) is 5.23. The van der Waals surface area contributed by atoms with Crippen LogP contribution in [0.25, 0.3) is 0 Å². The SMILES string of the molecule is CS(=O)(=O)N(CCC(=O)N1CCCCC1)CC1CCCO1. The van der Waals surface area contributed by atoms with Crippen molar-refractivity contribution in [3.63, 3.8) is 0 Å².